The average molecular weight is 196 g/mol. The maximum atomic E-state index is 11.4. The number of carbonyl (C=O) groups is 1. The molecular formula is C9H16N4O. The molecule has 0 bridgehead atoms. The largest absolute Gasteiger partial charge is 0.349 e. The van der Waals surface area contributed by atoms with Crippen molar-refractivity contribution in [2.24, 2.45) is 11.7 Å². The number of carbonyl (C=O) groups excluding carboxylic acids is 1. The molecule has 0 aromatic carbocycles. The molecule has 1 saturated heterocycles. The maximum Gasteiger partial charge on any atom is 0.237 e. The number of hydrogen-bond donors (Lipinski definition) is 3. The molecule has 1 amide bonds. The molecule has 0 spiro atoms. The van der Waals surface area contributed by atoms with Gasteiger partial charge in [0.1, 0.15) is 0 Å². The van der Waals surface area contributed by atoms with Gasteiger partial charge in [0, 0.05) is 13.1 Å². The van der Waals surface area contributed by atoms with E-state index in [2.05, 4.69) is 16.7 Å². The van der Waals surface area contributed by atoms with Gasteiger partial charge in [-0.1, -0.05) is 6.92 Å². The molecule has 0 radical (unpaired) electrons. The van der Waals surface area contributed by atoms with E-state index < -0.39 is 6.04 Å². The van der Waals surface area contributed by atoms with Crippen LogP contribution in [0.15, 0.2) is 0 Å². The highest BCUT2D eigenvalue weighted by atomic mass is 16.2. The molecule has 1 heterocycles. The van der Waals surface area contributed by atoms with Crippen LogP contribution in [0.3, 0.4) is 0 Å². The van der Waals surface area contributed by atoms with E-state index in [4.69, 9.17) is 11.0 Å². The summed E-state index contributed by atoms with van der Waals surface area (Å²) in [7, 11) is 0. The van der Waals surface area contributed by atoms with Crippen LogP contribution in [0.2, 0.25) is 0 Å². The second-order valence-corrected chi connectivity index (χ2v) is 3.52. The normalized spacial score (nSPS) is 28.1. The fourth-order valence-corrected chi connectivity index (χ4v) is 1.44. The number of nitrogens with one attached hydrogen (secondary N) is 2. The van der Waals surface area contributed by atoms with E-state index in [0.29, 0.717) is 19.5 Å². The summed E-state index contributed by atoms with van der Waals surface area (Å²) in [6.07, 6.45) is 0.614. The van der Waals surface area contributed by atoms with Gasteiger partial charge in [0.15, 0.2) is 0 Å². The second-order valence-electron chi connectivity index (χ2n) is 3.52. The lowest BCUT2D eigenvalue weighted by Crippen LogP contribution is -2.47. The van der Waals surface area contributed by atoms with Gasteiger partial charge in [-0.05, 0) is 6.42 Å². The first-order chi connectivity index (χ1) is 6.69. The molecule has 1 rings (SSSR count). The fourth-order valence-electron chi connectivity index (χ4n) is 1.44. The van der Waals surface area contributed by atoms with Crippen LogP contribution in [0.5, 0.6) is 0 Å². The van der Waals surface area contributed by atoms with Crippen molar-refractivity contribution < 1.29 is 4.79 Å². The number of hydrogen-bond acceptors (Lipinski definition) is 4. The van der Waals surface area contributed by atoms with Crippen molar-refractivity contribution in [3.63, 3.8) is 0 Å². The molecule has 3 atom stereocenters. The fraction of sp³-hybridized carbons (Fsp3) is 0.778. The average Bonchev–Trinajstić information content (AvgIpc) is 2.63. The molecule has 1 fully saturated rings. The number of nitriles is 1. The Morgan fingerprint density at radius 2 is 2.50 bits per heavy atom. The standard InChI is InChI=1S/C9H16N4O/c1-2-7(11)9(14)13-8-5-12-4-6(8)3-10/h6-8,12H,2,4-5,11H2,1H3,(H,13,14). The lowest BCUT2D eigenvalue weighted by Gasteiger charge is -2.17. The summed E-state index contributed by atoms with van der Waals surface area (Å²) in [6, 6.07) is 1.60. The van der Waals surface area contributed by atoms with E-state index in [1.54, 1.807) is 0 Å². The quantitative estimate of drug-likeness (QED) is 0.537. The van der Waals surface area contributed by atoms with Crippen LogP contribution < -0.4 is 16.4 Å². The van der Waals surface area contributed by atoms with Gasteiger partial charge in [0.05, 0.1) is 24.1 Å². The number of amides is 1. The van der Waals surface area contributed by atoms with E-state index in [1.165, 1.54) is 0 Å². The highest BCUT2D eigenvalue weighted by Gasteiger charge is 2.29. The maximum absolute atomic E-state index is 11.4. The molecule has 1 aliphatic rings. The van der Waals surface area contributed by atoms with Gasteiger partial charge in [-0.25, -0.2) is 0 Å². The summed E-state index contributed by atoms with van der Waals surface area (Å²) in [4.78, 5) is 11.4. The van der Waals surface area contributed by atoms with Crippen LogP contribution in [0.25, 0.3) is 0 Å². The van der Waals surface area contributed by atoms with Gasteiger partial charge in [-0.3, -0.25) is 4.79 Å². The number of nitrogens with zero attached hydrogens (tertiary/aromatic N) is 1. The first-order valence-electron chi connectivity index (χ1n) is 4.85. The third-order valence-electron chi connectivity index (χ3n) is 2.48. The summed E-state index contributed by atoms with van der Waals surface area (Å²) in [5.74, 6) is -0.301. The van der Waals surface area contributed by atoms with Crippen molar-refractivity contribution in [1.82, 2.24) is 10.6 Å². The summed E-state index contributed by atoms with van der Waals surface area (Å²) in [6.45, 7) is 3.15. The highest BCUT2D eigenvalue weighted by Crippen LogP contribution is 2.07. The predicted octanol–water partition coefficient (Wildman–Crippen LogP) is -1.05. The van der Waals surface area contributed by atoms with E-state index in [9.17, 15) is 4.79 Å². The monoisotopic (exact) mass is 196 g/mol. The van der Waals surface area contributed by atoms with Crippen LogP contribution in [0.1, 0.15) is 13.3 Å². The minimum atomic E-state index is -0.463. The van der Waals surface area contributed by atoms with Crippen LogP contribution in [-0.4, -0.2) is 31.1 Å². The Balaban J connectivity index is 2.44. The Labute approximate surface area is 83.6 Å². The zero-order valence-corrected chi connectivity index (χ0v) is 8.29. The molecule has 5 nitrogen and oxygen atoms in total. The number of nitrogens with two attached hydrogens (primary N) is 1. The van der Waals surface area contributed by atoms with Crippen LogP contribution in [0, 0.1) is 17.2 Å². The van der Waals surface area contributed by atoms with E-state index in [-0.39, 0.29) is 17.9 Å². The molecule has 0 aromatic heterocycles. The first-order valence-corrected chi connectivity index (χ1v) is 4.85. The van der Waals surface area contributed by atoms with Gasteiger partial charge in [0.2, 0.25) is 5.91 Å². The Morgan fingerprint density at radius 1 is 1.79 bits per heavy atom. The van der Waals surface area contributed by atoms with Gasteiger partial charge in [-0.2, -0.15) is 5.26 Å². The molecular weight excluding hydrogens is 180 g/mol. The Hall–Kier alpha value is -1.12. The number of rotatable bonds is 3. The van der Waals surface area contributed by atoms with Crippen molar-refractivity contribution in [2.45, 2.75) is 25.4 Å². The molecule has 1 aliphatic heterocycles. The smallest absolute Gasteiger partial charge is 0.237 e. The summed E-state index contributed by atoms with van der Waals surface area (Å²) >= 11 is 0. The van der Waals surface area contributed by atoms with Gasteiger partial charge in [0.25, 0.3) is 0 Å². The molecule has 14 heavy (non-hydrogen) atoms. The molecule has 0 aliphatic carbocycles. The van der Waals surface area contributed by atoms with Crippen LogP contribution in [0.4, 0.5) is 0 Å². The van der Waals surface area contributed by atoms with E-state index >= 15 is 0 Å². The van der Waals surface area contributed by atoms with E-state index in [1.807, 2.05) is 6.92 Å². The second kappa shape index (κ2) is 4.94. The minimum absolute atomic E-state index is 0.0925. The molecule has 0 aromatic rings. The predicted molar refractivity (Wildman–Crippen MR) is 52.2 cm³/mol. The van der Waals surface area contributed by atoms with Gasteiger partial charge >= 0.3 is 0 Å². The lowest BCUT2D eigenvalue weighted by atomic mass is 10.1. The first kappa shape index (κ1) is 11.0. The van der Waals surface area contributed by atoms with Crippen molar-refractivity contribution in [2.75, 3.05) is 13.1 Å². The third kappa shape index (κ3) is 2.44. The van der Waals surface area contributed by atoms with Gasteiger partial charge in [-0.15, -0.1) is 0 Å². The van der Waals surface area contributed by atoms with Crippen molar-refractivity contribution >= 4 is 5.91 Å². The summed E-state index contributed by atoms with van der Waals surface area (Å²) in [5.41, 5.74) is 5.57. The summed E-state index contributed by atoms with van der Waals surface area (Å²) in [5, 5.41) is 14.6. The Morgan fingerprint density at radius 3 is 3.07 bits per heavy atom. The highest BCUT2D eigenvalue weighted by molar-refractivity contribution is 5.81. The van der Waals surface area contributed by atoms with Gasteiger partial charge < -0.3 is 16.4 Å². The molecule has 4 N–H and O–H groups in total. The minimum Gasteiger partial charge on any atom is -0.349 e. The summed E-state index contributed by atoms with van der Waals surface area (Å²) < 4.78 is 0. The Bertz CT molecular complexity index is 248. The Kier molecular flexibility index (Phi) is 3.86. The third-order valence-corrected chi connectivity index (χ3v) is 2.48. The molecule has 5 heteroatoms. The van der Waals surface area contributed by atoms with Crippen molar-refractivity contribution in [3.8, 4) is 6.07 Å². The van der Waals surface area contributed by atoms with Crippen molar-refractivity contribution in [3.05, 3.63) is 0 Å². The van der Waals surface area contributed by atoms with Crippen LogP contribution in [-0.2, 0) is 4.79 Å². The molecule has 78 valence electrons. The molecule has 3 unspecified atom stereocenters. The van der Waals surface area contributed by atoms with Crippen molar-refractivity contribution in [1.29, 1.82) is 5.26 Å². The zero-order valence-electron chi connectivity index (χ0n) is 8.29. The van der Waals surface area contributed by atoms with E-state index in [0.717, 1.165) is 0 Å². The van der Waals surface area contributed by atoms with Crippen LogP contribution >= 0.6 is 0 Å². The molecule has 0 saturated carbocycles. The SMILES string of the molecule is CCC(N)C(=O)NC1CNCC1C#N. The zero-order chi connectivity index (χ0) is 10.6. The topological polar surface area (TPSA) is 90.9 Å². The lowest BCUT2D eigenvalue weighted by molar-refractivity contribution is -0.123.